The molecule has 4 rings (SSSR count). The van der Waals surface area contributed by atoms with Gasteiger partial charge in [0.05, 0.1) is 17.0 Å². The lowest BCUT2D eigenvalue weighted by Gasteiger charge is -2.11. The van der Waals surface area contributed by atoms with Crippen molar-refractivity contribution in [1.29, 1.82) is 5.41 Å². The molecule has 0 aliphatic carbocycles. The molecule has 2 N–H and O–H groups in total. The van der Waals surface area contributed by atoms with Crippen LogP contribution in [0.5, 0.6) is 5.75 Å². The highest BCUT2D eigenvalue weighted by Crippen LogP contribution is 2.43. The Morgan fingerprint density at radius 3 is 2.26 bits per heavy atom. The molecule has 3 heterocycles. The van der Waals surface area contributed by atoms with E-state index >= 15 is 0 Å². The van der Waals surface area contributed by atoms with E-state index in [0.29, 0.717) is 5.76 Å². The first-order valence-corrected chi connectivity index (χ1v) is 8.62. The van der Waals surface area contributed by atoms with Crippen LogP contribution in [0.4, 0.5) is 0 Å². The van der Waals surface area contributed by atoms with E-state index in [4.69, 9.17) is 9.93 Å². The van der Waals surface area contributed by atoms with Gasteiger partial charge >= 0.3 is 0 Å². The summed E-state index contributed by atoms with van der Waals surface area (Å²) in [5, 5.41) is 21.9. The maximum absolute atomic E-state index is 9.73. The normalized spacial score (nSPS) is 11.1. The van der Waals surface area contributed by atoms with Crippen LogP contribution in [0.3, 0.4) is 0 Å². The second kappa shape index (κ2) is 6.32. The average molecular weight is 360 g/mol. The number of aromatic hydroxyl groups is 1. The molecule has 0 unspecified atom stereocenters. The highest BCUT2D eigenvalue weighted by molar-refractivity contribution is 6.00. The van der Waals surface area contributed by atoms with Crippen molar-refractivity contribution in [2.45, 2.75) is 13.8 Å². The molecule has 0 aliphatic rings. The Labute approximate surface area is 156 Å². The summed E-state index contributed by atoms with van der Waals surface area (Å²) in [4.78, 5) is 0. The first-order valence-electron chi connectivity index (χ1n) is 8.62. The summed E-state index contributed by atoms with van der Waals surface area (Å²) in [5.41, 5.74) is 5.23. The molecular formula is C21H20N4O2. The number of nitrogens with zero attached hydrogens (tertiary/aromatic N) is 3. The number of hydrogen-bond donors (Lipinski definition) is 2. The summed E-state index contributed by atoms with van der Waals surface area (Å²) in [7, 11) is 1.95. The number of rotatable bonds is 4. The zero-order chi connectivity index (χ0) is 19.1. The number of benzene rings is 1. The number of phenolic OH excluding ortho intramolecular Hbond substituents is 1. The van der Waals surface area contributed by atoms with Gasteiger partial charge in [-0.2, -0.15) is 0 Å². The van der Waals surface area contributed by atoms with E-state index in [1.807, 2.05) is 66.7 Å². The van der Waals surface area contributed by atoms with E-state index < -0.39 is 0 Å². The number of aryl methyl sites for hydroxylation is 2. The molecule has 0 saturated carbocycles. The molecule has 27 heavy (non-hydrogen) atoms. The minimum absolute atomic E-state index is 0.211. The molecule has 0 amide bonds. The highest BCUT2D eigenvalue weighted by Gasteiger charge is 2.27. The average Bonchev–Trinajstić information content (AvgIpc) is 3.35. The van der Waals surface area contributed by atoms with Gasteiger partial charge in [-0.3, -0.25) is 0 Å². The van der Waals surface area contributed by atoms with Crippen molar-refractivity contribution < 1.29 is 9.63 Å². The van der Waals surface area contributed by atoms with Gasteiger partial charge in [0.2, 0.25) is 0 Å². The Kier molecular flexibility index (Phi) is 3.96. The minimum atomic E-state index is 0.211. The van der Waals surface area contributed by atoms with Gasteiger partial charge in [0.1, 0.15) is 17.3 Å². The molecule has 136 valence electrons. The number of nitrogens with one attached hydrogen (secondary N) is 1. The Hall–Kier alpha value is -3.54. The van der Waals surface area contributed by atoms with Crippen LogP contribution in [0, 0.1) is 19.3 Å². The monoisotopic (exact) mass is 360 g/mol. The van der Waals surface area contributed by atoms with Crippen LogP contribution in [0.1, 0.15) is 17.1 Å². The number of aromatic nitrogens is 3. The Balaban J connectivity index is 2.16. The van der Waals surface area contributed by atoms with Crippen molar-refractivity contribution in [2.75, 3.05) is 0 Å². The standard InChI is InChI=1S/C21H20N4O2/c1-13-18(14(2)27-23-13)20-17(12-22)24(3)21(25-10-4-5-11-25)19(20)15-6-8-16(26)9-7-15/h4-12,22,26H,1-3H3. The molecule has 6 heteroatoms. The summed E-state index contributed by atoms with van der Waals surface area (Å²) in [6.45, 7) is 3.79. The van der Waals surface area contributed by atoms with E-state index in [2.05, 4.69) is 5.16 Å². The molecule has 3 aromatic heterocycles. The van der Waals surface area contributed by atoms with Gasteiger partial charge < -0.3 is 24.2 Å². The Bertz CT molecular complexity index is 1100. The van der Waals surface area contributed by atoms with Gasteiger partial charge in [-0.05, 0) is 43.7 Å². The molecule has 0 radical (unpaired) electrons. The van der Waals surface area contributed by atoms with Crippen molar-refractivity contribution >= 4 is 6.21 Å². The van der Waals surface area contributed by atoms with Gasteiger partial charge in [0.25, 0.3) is 0 Å². The van der Waals surface area contributed by atoms with Gasteiger partial charge in [0, 0.05) is 36.8 Å². The third kappa shape index (κ3) is 2.57. The van der Waals surface area contributed by atoms with Gasteiger partial charge in [0.15, 0.2) is 0 Å². The van der Waals surface area contributed by atoms with E-state index in [9.17, 15) is 5.11 Å². The van der Waals surface area contributed by atoms with Crippen LogP contribution in [0.15, 0.2) is 53.3 Å². The summed E-state index contributed by atoms with van der Waals surface area (Å²) in [6, 6.07) is 11.0. The second-order valence-corrected chi connectivity index (χ2v) is 6.50. The third-order valence-corrected chi connectivity index (χ3v) is 4.83. The van der Waals surface area contributed by atoms with E-state index in [1.54, 1.807) is 12.1 Å². The van der Waals surface area contributed by atoms with Crippen molar-refractivity contribution in [3.63, 3.8) is 0 Å². The van der Waals surface area contributed by atoms with Crippen LogP contribution >= 0.6 is 0 Å². The molecular weight excluding hydrogens is 340 g/mol. The van der Waals surface area contributed by atoms with Crippen molar-refractivity contribution in [3.8, 4) is 33.8 Å². The van der Waals surface area contributed by atoms with E-state index in [-0.39, 0.29) is 5.75 Å². The SMILES string of the molecule is Cc1noc(C)c1-c1c(-c2ccc(O)cc2)c(-n2cccc2)n(C)c1C=N. The largest absolute Gasteiger partial charge is 0.508 e. The first-order chi connectivity index (χ1) is 13.0. The predicted octanol–water partition coefficient (Wildman–Crippen LogP) is 4.46. The lowest BCUT2D eigenvalue weighted by atomic mass is 9.95. The first kappa shape index (κ1) is 16.9. The molecule has 0 aliphatic heterocycles. The van der Waals surface area contributed by atoms with Crippen LogP contribution in [-0.4, -0.2) is 25.6 Å². The van der Waals surface area contributed by atoms with Crippen LogP contribution < -0.4 is 0 Å². The van der Waals surface area contributed by atoms with Gasteiger partial charge in [-0.1, -0.05) is 17.3 Å². The minimum Gasteiger partial charge on any atom is -0.508 e. The summed E-state index contributed by atoms with van der Waals surface area (Å²) in [6.07, 6.45) is 5.31. The molecule has 6 nitrogen and oxygen atoms in total. The van der Waals surface area contributed by atoms with Crippen molar-refractivity contribution in [3.05, 3.63) is 65.9 Å². The maximum atomic E-state index is 9.73. The predicted molar refractivity (Wildman–Crippen MR) is 105 cm³/mol. The van der Waals surface area contributed by atoms with Crippen molar-refractivity contribution in [1.82, 2.24) is 14.3 Å². The summed E-state index contributed by atoms with van der Waals surface area (Å²) >= 11 is 0. The quantitative estimate of drug-likeness (QED) is 0.527. The number of hydrogen-bond acceptors (Lipinski definition) is 4. The zero-order valence-corrected chi connectivity index (χ0v) is 15.4. The Morgan fingerprint density at radius 1 is 1.04 bits per heavy atom. The molecule has 0 fully saturated rings. The van der Waals surface area contributed by atoms with Gasteiger partial charge in [-0.25, -0.2) is 0 Å². The summed E-state index contributed by atoms with van der Waals surface area (Å²) < 4.78 is 9.44. The number of phenols is 1. The van der Waals surface area contributed by atoms with E-state index in [0.717, 1.165) is 39.5 Å². The second-order valence-electron chi connectivity index (χ2n) is 6.50. The molecule has 0 saturated heterocycles. The van der Waals surface area contributed by atoms with Crippen LogP contribution in [0.25, 0.3) is 28.1 Å². The Morgan fingerprint density at radius 2 is 1.70 bits per heavy atom. The van der Waals surface area contributed by atoms with Crippen LogP contribution in [0.2, 0.25) is 0 Å². The topological polar surface area (TPSA) is 80.0 Å². The fourth-order valence-electron chi connectivity index (χ4n) is 3.63. The summed E-state index contributed by atoms with van der Waals surface area (Å²) in [5.74, 6) is 1.85. The highest BCUT2D eigenvalue weighted by atomic mass is 16.5. The van der Waals surface area contributed by atoms with Crippen molar-refractivity contribution in [2.24, 2.45) is 7.05 Å². The van der Waals surface area contributed by atoms with E-state index in [1.165, 1.54) is 6.21 Å². The maximum Gasteiger partial charge on any atom is 0.141 e. The van der Waals surface area contributed by atoms with Gasteiger partial charge in [-0.15, -0.1) is 0 Å². The smallest absolute Gasteiger partial charge is 0.141 e. The molecule has 0 atom stereocenters. The lowest BCUT2D eigenvalue weighted by Crippen LogP contribution is -2.03. The fourth-order valence-corrected chi connectivity index (χ4v) is 3.63. The molecule has 0 spiro atoms. The van der Waals surface area contributed by atoms with Crippen LogP contribution in [-0.2, 0) is 7.05 Å². The molecule has 4 aromatic rings. The molecule has 0 bridgehead atoms. The third-order valence-electron chi connectivity index (χ3n) is 4.83. The fraction of sp³-hybridized carbons (Fsp3) is 0.143. The zero-order valence-electron chi connectivity index (χ0n) is 15.4. The lowest BCUT2D eigenvalue weighted by molar-refractivity contribution is 0.393. The molecule has 1 aromatic carbocycles.